The van der Waals surface area contributed by atoms with Crippen molar-refractivity contribution in [1.29, 1.82) is 0 Å². The number of carbonyl (C=O) groups is 8. The molecule has 0 saturated carbocycles. The summed E-state index contributed by atoms with van der Waals surface area (Å²) in [5.74, 6) is -3.91. The summed E-state index contributed by atoms with van der Waals surface area (Å²) in [6.45, 7) is 7.25. The molecule has 12 N–H and O–H groups in total. The number of hydrogen-bond donors (Lipinski definition) is 12. The lowest BCUT2D eigenvalue weighted by Gasteiger charge is -2.27. The van der Waals surface area contributed by atoms with Crippen molar-refractivity contribution in [1.82, 2.24) is 63.8 Å². The van der Waals surface area contributed by atoms with E-state index in [9.17, 15) is 38.4 Å². The number of hydrogen-bond acceptors (Lipinski definition) is 12. The molecule has 0 aliphatic heterocycles. The molecule has 0 aliphatic carbocycles. The molecule has 0 saturated heterocycles. The van der Waals surface area contributed by atoms with E-state index in [0.717, 1.165) is 0 Å². The van der Waals surface area contributed by atoms with Gasteiger partial charge >= 0.3 is 0 Å². The third-order valence-corrected chi connectivity index (χ3v) is 4.94. The van der Waals surface area contributed by atoms with E-state index in [-0.39, 0.29) is 112 Å². The molecular weight excluding hydrogens is 704 g/mol. The van der Waals surface area contributed by atoms with Crippen LogP contribution in [0.15, 0.2) is 0 Å². The quantitative estimate of drug-likeness (QED) is 0.0562. The Bertz CT molecular complexity index is 886. The van der Waals surface area contributed by atoms with Crippen LogP contribution in [0.4, 0.5) is 0 Å². The van der Waals surface area contributed by atoms with Gasteiger partial charge in [0, 0.05) is 0 Å². The average molecular weight is 789 g/mol. The molecule has 8 amide bonds. The van der Waals surface area contributed by atoms with Gasteiger partial charge in [0.25, 0.3) is 0 Å². The van der Waals surface area contributed by atoms with Crippen LogP contribution in [0.5, 0.6) is 0 Å². The van der Waals surface area contributed by atoms with Crippen molar-refractivity contribution >= 4 is 47.3 Å². The van der Waals surface area contributed by atoms with E-state index in [1.165, 1.54) is 0 Å². The van der Waals surface area contributed by atoms with Gasteiger partial charge in [0.15, 0.2) is 0 Å². The SMILES string of the molecule is C.C.C.C.C.C.C.C.CNCNC(=O)CC(=O)NC(C)(C)NC(=O)CC(=O)NCNC.CNCNC(=O)CC(=O)NC(C)(C)NC(=O)CC(=O)NCNC. The van der Waals surface area contributed by atoms with Crippen molar-refractivity contribution in [3.63, 3.8) is 0 Å². The molecule has 0 aliphatic rings. The van der Waals surface area contributed by atoms with Gasteiger partial charge in [-0.05, 0) is 55.9 Å². The van der Waals surface area contributed by atoms with E-state index in [1.807, 2.05) is 0 Å². The molecule has 0 bridgehead atoms. The molecule has 0 heterocycles. The molecule has 0 aromatic heterocycles. The normalized spacial score (nSPS) is 9.04. The van der Waals surface area contributed by atoms with Crippen LogP contribution in [0.2, 0.25) is 0 Å². The second kappa shape index (κ2) is 41.4. The van der Waals surface area contributed by atoms with Crippen molar-refractivity contribution in [3.8, 4) is 0 Å². The van der Waals surface area contributed by atoms with E-state index in [0.29, 0.717) is 0 Å². The molecule has 0 rings (SSSR count). The van der Waals surface area contributed by atoms with E-state index < -0.39 is 58.6 Å². The second-order valence-corrected chi connectivity index (χ2v) is 10.7. The molecule has 20 heteroatoms. The first-order chi connectivity index (χ1) is 21.4. The maximum atomic E-state index is 11.7. The minimum atomic E-state index is -1.08. The third-order valence-electron chi connectivity index (χ3n) is 4.94. The average Bonchev–Trinajstić information content (AvgIpc) is 2.91. The van der Waals surface area contributed by atoms with Crippen molar-refractivity contribution in [2.75, 3.05) is 54.9 Å². The first kappa shape index (κ1) is 74.7. The van der Waals surface area contributed by atoms with Crippen LogP contribution in [0.1, 0.15) is 113 Å². The van der Waals surface area contributed by atoms with Gasteiger partial charge in [-0.25, -0.2) is 0 Å². The van der Waals surface area contributed by atoms with E-state index >= 15 is 0 Å². The number of rotatable bonds is 20. The Hall–Kier alpha value is -4.40. The fraction of sp³-hybridized carbons (Fsp3) is 0.765. The molecule has 328 valence electrons. The highest BCUT2D eigenvalue weighted by atomic mass is 16.2. The van der Waals surface area contributed by atoms with Crippen molar-refractivity contribution in [2.45, 2.75) is 124 Å². The predicted octanol–water partition coefficient (Wildman–Crippen LogP) is -0.269. The zero-order valence-electron chi connectivity index (χ0n) is 27.9. The Morgan fingerprint density at radius 1 is 0.315 bits per heavy atom. The van der Waals surface area contributed by atoms with Crippen LogP contribution in [0, 0.1) is 0 Å². The highest BCUT2D eigenvalue weighted by molar-refractivity contribution is 5.99. The van der Waals surface area contributed by atoms with E-state index in [2.05, 4.69) is 63.8 Å². The zero-order chi connectivity index (χ0) is 35.8. The van der Waals surface area contributed by atoms with Crippen molar-refractivity contribution in [2.24, 2.45) is 0 Å². The maximum Gasteiger partial charge on any atom is 0.231 e. The van der Waals surface area contributed by atoms with E-state index in [4.69, 9.17) is 0 Å². The summed E-state index contributed by atoms with van der Waals surface area (Å²) < 4.78 is 0. The number of nitrogens with one attached hydrogen (secondary N) is 12. The van der Waals surface area contributed by atoms with Crippen LogP contribution in [0.25, 0.3) is 0 Å². The fourth-order valence-corrected chi connectivity index (χ4v) is 3.21. The van der Waals surface area contributed by atoms with Gasteiger partial charge in [0.2, 0.25) is 47.3 Å². The monoisotopic (exact) mass is 789 g/mol. The first-order valence-corrected chi connectivity index (χ1v) is 14.3. The summed E-state index contributed by atoms with van der Waals surface area (Å²) in [4.78, 5) is 92.6. The smallest absolute Gasteiger partial charge is 0.231 e. The number of carbonyl (C=O) groups excluding carboxylic acids is 8. The van der Waals surface area contributed by atoms with Gasteiger partial charge in [-0.3, -0.25) is 38.4 Å². The summed E-state index contributed by atoms with van der Waals surface area (Å²) in [5.41, 5.74) is -2.17. The summed E-state index contributed by atoms with van der Waals surface area (Å²) in [6, 6.07) is 0. The lowest BCUT2D eigenvalue weighted by Crippen LogP contribution is -2.57. The Labute approximate surface area is 328 Å². The molecule has 0 atom stereocenters. The summed E-state index contributed by atoms with van der Waals surface area (Å²) in [7, 11) is 6.63. The van der Waals surface area contributed by atoms with Gasteiger partial charge in [-0.1, -0.05) is 59.4 Å². The lowest BCUT2D eigenvalue weighted by atomic mass is 10.2. The predicted molar refractivity (Wildman–Crippen MR) is 221 cm³/mol. The number of amides is 8. The standard InChI is InChI=1S/2C13H26N6O4.8CH4/c2*1-13(2,18-11(22)5-9(20)16-7-14-3)19-12(23)6-10(21)17-8-15-4;;;;;;;;/h2*14-15H,5-8H2,1-4H3,(H,16,20)(H,17,21)(H,18,22)(H,19,23);8*1H4. The maximum absolute atomic E-state index is 11.7. The molecule has 20 nitrogen and oxygen atoms in total. The van der Waals surface area contributed by atoms with Gasteiger partial charge in [0.1, 0.15) is 37.0 Å². The molecule has 0 spiro atoms. The van der Waals surface area contributed by atoms with Crippen LogP contribution >= 0.6 is 0 Å². The molecule has 0 aromatic rings. The van der Waals surface area contributed by atoms with Crippen LogP contribution in [-0.4, -0.2) is 113 Å². The highest BCUT2D eigenvalue weighted by Gasteiger charge is 2.25. The van der Waals surface area contributed by atoms with Crippen LogP contribution < -0.4 is 63.8 Å². The minimum absolute atomic E-state index is 0. The molecule has 0 radical (unpaired) electrons. The minimum Gasteiger partial charge on any atom is -0.343 e. The molecule has 0 unspecified atom stereocenters. The first-order valence-electron chi connectivity index (χ1n) is 14.3. The lowest BCUT2D eigenvalue weighted by molar-refractivity contribution is -0.134. The molecule has 0 fully saturated rings. The summed E-state index contributed by atoms with van der Waals surface area (Å²) in [5, 5.41) is 30.8. The largest absolute Gasteiger partial charge is 0.343 e. The van der Waals surface area contributed by atoms with Crippen LogP contribution in [0.3, 0.4) is 0 Å². The Morgan fingerprint density at radius 2 is 0.463 bits per heavy atom. The highest BCUT2D eigenvalue weighted by Crippen LogP contribution is 2.00. The van der Waals surface area contributed by atoms with Crippen molar-refractivity contribution < 1.29 is 38.4 Å². The molecular formula is C34H84N12O8. The third kappa shape index (κ3) is 45.6. The topological polar surface area (TPSA) is 281 Å². The van der Waals surface area contributed by atoms with Gasteiger partial charge in [-0.15, -0.1) is 0 Å². The Kier molecular flexibility index (Phi) is 57.2. The van der Waals surface area contributed by atoms with Crippen molar-refractivity contribution in [3.05, 3.63) is 0 Å². The Morgan fingerprint density at radius 3 is 0.593 bits per heavy atom. The fourth-order valence-electron chi connectivity index (χ4n) is 3.21. The molecule has 0 aromatic carbocycles. The van der Waals surface area contributed by atoms with E-state index in [1.54, 1.807) is 55.9 Å². The molecule has 54 heavy (non-hydrogen) atoms. The second-order valence-electron chi connectivity index (χ2n) is 10.7. The zero-order valence-corrected chi connectivity index (χ0v) is 27.9. The van der Waals surface area contributed by atoms with Gasteiger partial charge in [0.05, 0.1) is 26.7 Å². The summed E-state index contributed by atoms with van der Waals surface area (Å²) >= 11 is 0. The van der Waals surface area contributed by atoms with Gasteiger partial charge in [-0.2, -0.15) is 0 Å². The van der Waals surface area contributed by atoms with Gasteiger partial charge < -0.3 is 63.8 Å². The summed E-state index contributed by atoms with van der Waals surface area (Å²) in [6.07, 6.45) is -1.43. The van der Waals surface area contributed by atoms with Crippen LogP contribution in [-0.2, 0) is 38.4 Å². The Balaban J connectivity index is -0.0000000781.